The van der Waals surface area contributed by atoms with Gasteiger partial charge in [-0.15, -0.1) is 0 Å². The zero-order chi connectivity index (χ0) is 17.2. The first-order valence-electron chi connectivity index (χ1n) is 7.55. The van der Waals surface area contributed by atoms with Crippen molar-refractivity contribution < 1.29 is 8.42 Å². The Labute approximate surface area is 141 Å². The molecule has 0 saturated carbocycles. The highest BCUT2D eigenvalue weighted by molar-refractivity contribution is 7.89. The minimum Gasteiger partial charge on any atom is -0.366 e. The molecule has 0 spiro atoms. The van der Waals surface area contributed by atoms with E-state index in [2.05, 4.69) is 29.2 Å². The lowest BCUT2D eigenvalue weighted by atomic mass is 9.99. The molecule has 2 aromatic carbocycles. The van der Waals surface area contributed by atoms with Gasteiger partial charge >= 0.3 is 0 Å². The van der Waals surface area contributed by atoms with Gasteiger partial charge in [-0.05, 0) is 35.8 Å². The highest BCUT2D eigenvalue weighted by Gasteiger charge is 2.18. The summed E-state index contributed by atoms with van der Waals surface area (Å²) in [6.45, 7) is 1.44. The van der Waals surface area contributed by atoms with Crippen molar-refractivity contribution in [2.24, 2.45) is 5.14 Å². The van der Waals surface area contributed by atoms with Crippen LogP contribution in [0.3, 0.4) is 0 Å². The summed E-state index contributed by atoms with van der Waals surface area (Å²) in [5.41, 5.74) is 3.54. The maximum Gasteiger partial charge on any atom is 0.238 e. The summed E-state index contributed by atoms with van der Waals surface area (Å²) in [6.07, 6.45) is 3.01. The van der Waals surface area contributed by atoms with Crippen LogP contribution in [0.4, 0.5) is 5.69 Å². The van der Waals surface area contributed by atoms with Gasteiger partial charge in [-0.1, -0.05) is 36.4 Å². The monoisotopic (exact) mass is 339 g/mol. The quantitative estimate of drug-likeness (QED) is 0.931. The third-order valence-corrected chi connectivity index (χ3v) is 5.02. The minimum atomic E-state index is -3.81. The van der Waals surface area contributed by atoms with E-state index in [1.54, 1.807) is 6.07 Å². The van der Waals surface area contributed by atoms with Crippen LogP contribution in [0.2, 0.25) is 0 Å². The van der Waals surface area contributed by atoms with E-state index in [1.165, 1.54) is 23.3 Å². The van der Waals surface area contributed by atoms with Gasteiger partial charge in [0, 0.05) is 13.1 Å². The highest BCUT2D eigenvalue weighted by Crippen LogP contribution is 2.28. The van der Waals surface area contributed by atoms with Crippen molar-refractivity contribution in [3.63, 3.8) is 0 Å². The van der Waals surface area contributed by atoms with E-state index in [1.807, 2.05) is 18.2 Å². The maximum absolute atomic E-state index is 11.4. The molecule has 2 N–H and O–H groups in total. The first kappa shape index (κ1) is 16.2. The van der Waals surface area contributed by atoms with Gasteiger partial charge in [0.15, 0.2) is 0 Å². The first-order chi connectivity index (χ1) is 11.5. The molecule has 0 atom stereocenters. The second-order valence-electron chi connectivity index (χ2n) is 5.63. The van der Waals surface area contributed by atoms with Gasteiger partial charge in [-0.3, -0.25) is 0 Å². The number of sulfonamides is 1. The average Bonchev–Trinajstić information content (AvgIpc) is 2.61. The molecule has 1 aliphatic rings. The Hall–Kier alpha value is -2.62. The van der Waals surface area contributed by atoms with E-state index in [4.69, 9.17) is 5.14 Å². The van der Waals surface area contributed by atoms with E-state index < -0.39 is 10.0 Å². The molecule has 0 bridgehead atoms. The Bertz CT molecular complexity index is 928. The van der Waals surface area contributed by atoms with E-state index in [0.29, 0.717) is 12.1 Å². The summed E-state index contributed by atoms with van der Waals surface area (Å²) in [5.74, 6) is 0. The van der Waals surface area contributed by atoms with Crippen molar-refractivity contribution in [2.45, 2.75) is 11.3 Å². The predicted molar refractivity (Wildman–Crippen MR) is 93.8 cm³/mol. The van der Waals surface area contributed by atoms with E-state index in [9.17, 15) is 13.7 Å². The second-order valence-corrected chi connectivity index (χ2v) is 7.19. The zero-order valence-corrected chi connectivity index (χ0v) is 13.8. The van der Waals surface area contributed by atoms with Gasteiger partial charge in [0.25, 0.3) is 0 Å². The van der Waals surface area contributed by atoms with E-state index in [0.717, 1.165) is 18.7 Å². The Morgan fingerprint density at radius 2 is 1.88 bits per heavy atom. The minimum absolute atomic E-state index is 0.0414. The lowest BCUT2D eigenvalue weighted by molar-refractivity contribution is 0.598. The molecule has 0 fully saturated rings. The summed E-state index contributed by atoms with van der Waals surface area (Å²) in [6, 6.07) is 16.7. The average molecular weight is 339 g/mol. The molecule has 0 saturated heterocycles. The van der Waals surface area contributed by atoms with Crippen LogP contribution in [-0.2, 0) is 10.0 Å². The number of benzene rings is 2. The van der Waals surface area contributed by atoms with Crippen molar-refractivity contribution in [1.29, 1.82) is 5.26 Å². The van der Waals surface area contributed by atoms with Crippen LogP contribution in [-0.4, -0.2) is 21.5 Å². The van der Waals surface area contributed by atoms with Crippen molar-refractivity contribution in [3.05, 3.63) is 65.7 Å². The number of hydrogen-bond donors (Lipinski definition) is 1. The van der Waals surface area contributed by atoms with E-state index >= 15 is 0 Å². The van der Waals surface area contributed by atoms with Crippen LogP contribution in [0.25, 0.3) is 5.57 Å². The molecule has 0 radical (unpaired) electrons. The molecule has 0 aromatic heterocycles. The van der Waals surface area contributed by atoms with Crippen molar-refractivity contribution in [2.75, 3.05) is 18.0 Å². The number of nitrogens with two attached hydrogens (primary N) is 1. The fraction of sp³-hybridized carbons (Fsp3) is 0.167. The van der Waals surface area contributed by atoms with Gasteiger partial charge in [0.2, 0.25) is 10.0 Å². The first-order valence-corrected chi connectivity index (χ1v) is 9.10. The Morgan fingerprint density at radius 1 is 1.12 bits per heavy atom. The summed E-state index contributed by atoms with van der Waals surface area (Å²) in [7, 11) is -3.81. The van der Waals surface area contributed by atoms with Crippen LogP contribution in [0.5, 0.6) is 0 Å². The highest BCUT2D eigenvalue weighted by atomic mass is 32.2. The molecule has 0 aliphatic carbocycles. The SMILES string of the molecule is N#Cc1cc(S(N)(=O)=O)ccc1N1CC=C(c2ccccc2)CC1. The smallest absolute Gasteiger partial charge is 0.238 e. The number of nitrogens with zero attached hydrogens (tertiary/aromatic N) is 2. The molecule has 3 rings (SSSR count). The molecule has 5 nitrogen and oxygen atoms in total. The number of hydrogen-bond acceptors (Lipinski definition) is 4. The molecule has 6 heteroatoms. The van der Waals surface area contributed by atoms with Crippen LogP contribution in [0, 0.1) is 11.3 Å². The molecule has 122 valence electrons. The van der Waals surface area contributed by atoms with Crippen LogP contribution >= 0.6 is 0 Å². The largest absolute Gasteiger partial charge is 0.366 e. The Kier molecular flexibility index (Phi) is 4.38. The van der Waals surface area contributed by atoms with Crippen LogP contribution < -0.4 is 10.0 Å². The molecule has 2 aromatic rings. The molecule has 0 amide bonds. The lowest BCUT2D eigenvalue weighted by Gasteiger charge is -2.29. The summed E-state index contributed by atoms with van der Waals surface area (Å²) in [4.78, 5) is 2.03. The van der Waals surface area contributed by atoms with Gasteiger partial charge in [-0.2, -0.15) is 5.26 Å². The van der Waals surface area contributed by atoms with Gasteiger partial charge < -0.3 is 4.90 Å². The fourth-order valence-electron chi connectivity index (χ4n) is 2.86. The molecule has 0 unspecified atom stereocenters. The van der Waals surface area contributed by atoms with Crippen LogP contribution in [0.1, 0.15) is 17.5 Å². The summed E-state index contributed by atoms with van der Waals surface area (Å²) >= 11 is 0. The topological polar surface area (TPSA) is 87.2 Å². The third kappa shape index (κ3) is 3.32. The van der Waals surface area contributed by atoms with Crippen molar-refractivity contribution >= 4 is 21.3 Å². The number of anilines is 1. The lowest BCUT2D eigenvalue weighted by Crippen LogP contribution is -2.29. The standard InChI is InChI=1S/C18H17N3O2S/c19-13-16-12-17(24(20,22)23)6-7-18(16)21-10-8-15(9-11-21)14-4-2-1-3-5-14/h1-8,12H,9-11H2,(H2,20,22,23). The van der Waals surface area contributed by atoms with Crippen LogP contribution in [0.15, 0.2) is 59.5 Å². The Morgan fingerprint density at radius 3 is 2.46 bits per heavy atom. The molecule has 1 aliphatic heterocycles. The number of primary sulfonamides is 1. The number of rotatable bonds is 3. The second kappa shape index (κ2) is 6.48. The summed E-state index contributed by atoms with van der Waals surface area (Å²) < 4.78 is 22.9. The molecule has 24 heavy (non-hydrogen) atoms. The van der Waals surface area contributed by atoms with Crippen molar-refractivity contribution in [3.8, 4) is 6.07 Å². The molecular formula is C18H17N3O2S. The maximum atomic E-state index is 11.4. The number of nitriles is 1. The van der Waals surface area contributed by atoms with Crippen molar-refractivity contribution in [1.82, 2.24) is 0 Å². The van der Waals surface area contributed by atoms with E-state index in [-0.39, 0.29) is 4.90 Å². The molecular weight excluding hydrogens is 322 g/mol. The van der Waals surface area contributed by atoms with Gasteiger partial charge in [-0.25, -0.2) is 13.6 Å². The predicted octanol–water partition coefficient (Wildman–Crippen LogP) is 2.50. The third-order valence-electron chi connectivity index (χ3n) is 4.11. The fourth-order valence-corrected chi connectivity index (χ4v) is 3.40. The summed E-state index contributed by atoms with van der Waals surface area (Å²) in [5, 5.41) is 14.5. The normalized spacial score (nSPS) is 14.8. The van der Waals surface area contributed by atoms with Gasteiger partial charge in [0.1, 0.15) is 6.07 Å². The molecule has 1 heterocycles. The zero-order valence-electron chi connectivity index (χ0n) is 13.0. The van der Waals surface area contributed by atoms with Gasteiger partial charge in [0.05, 0.1) is 16.1 Å². The Balaban J connectivity index is 1.87.